The normalized spacial score (nSPS) is 12.6. The zero-order valence-corrected chi connectivity index (χ0v) is 11.4. The third kappa shape index (κ3) is 3.46. The van der Waals surface area contributed by atoms with Gasteiger partial charge in [-0.15, -0.1) is 0 Å². The molecular formula is C12H17BrFNO. The van der Waals surface area contributed by atoms with E-state index in [0.29, 0.717) is 11.1 Å². The minimum Gasteiger partial charge on any atom is -0.383 e. The number of methoxy groups -OCH3 is 1. The summed E-state index contributed by atoms with van der Waals surface area (Å²) < 4.78 is 18.8. The fourth-order valence-electron chi connectivity index (χ4n) is 1.48. The van der Waals surface area contributed by atoms with Gasteiger partial charge in [0.1, 0.15) is 5.82 Å². The van der Waals surface area contributed by atoms with Gasteiger partial charge in [0.05, 0.1) is 11.1 Å². The van der Waals surface area contributed by atoms with Crippen molar-refractivity contribution in [1.82, 2.24) is 0 Å². The van der Waals surface area contributed by atoms with Crippen molar-refractivity contribution in [3.05, 3.63) is 28.0 Å². The average Bonchev–Trinajstić information content (AvgIpc) is 2.25. The predicted molar refractivity (Wildman–Crippen MR) is 68.4 cm³/mol. The van der Waals surface area contributed by atoms with Gasteiger partial charge in [-0.2, -0.15) is 0 Å². The number of ether oxygens (including phenoxy) is 1. The lowest BCUT2D eigenvalue weighted by atomic mass is 10.1. The van der Waals surface area contributed by atoms with Gasteiger partial charge in [0, 0.05) is 18.8 Å². The molecule has 90 valence electrons. The Hall–Kier alpha value is -0.610. The van der Waals surface area contributed by atoms with Gasteiger partial charge in [0.15, 0.2) is 0 Å². The van der Waals surface area contributed by atoms with Gasteiger partial charge in [0.2, 0.25) is 0 Å². The first kappa shape index (κ1) is 13.5. The summed E-state index contributed by atoms with van der Waals surface area (Å²) in [6, 6.07) is 3.54. The molecular weight excluding hydrogens is 273 g/mol. The molecule has 0 aromatic heterocycles. The topological polar surface area (TPSA) is 21.3 Å². The lowest BCUT2D eigenvalue weighted by Crippen LogP contribution is -2.24. The van der Waals surface area contributed by atoms with Crippen LogP contribution in [0.3, 0.4) is 0 Å². The van der Waals surface area contributed by atoms with Crippen LogP contribution in [0.2, 0.25) is 0 Å². The van der Waals surface area contributed by atoms with Crippen molar-refractivity contribution in [3.8, 4) is 0 Å². The first-order chi connectivity index (χ1) is 7.58. The molecule has 0 aliphatic carbocycles. The molecule has 1 atom stereocenters. The Labute approximate surface area is 104 Å². The molecule has 16 heavy (non-hydrogen) atoms. The van der Waals surface area contributed by atoms with Crippen LogP contribution in [0.1, 0.15) is 18.9 Å². The highest BCUT2D eigenvalue weighted by molar-refractivity contribution is 9.10. The zero-order valence-electron chi connectivity index (χ0n) is 9.81. The average molecular weight is 290 g/mol. The third-order valence-corrected chi connectivity index (χ3v) is 3.10. The van der Waals surface area contributed by atoms with E-state index < -0.39 is 0 Å². The quantitative estimate of drug-likeness (QED) is 0.892. The molecule has 1 rings (SSSR count). The highest BCUT2D eigenvalue weighted by atomic mass is 79.9. The summed E-state index contributed by atoms with van der Waals surface area (Å²) in [4.78, 5) is 0. The van der Waals surface area contributed by atoms with E-state index in [4.69, 9.17) is 4.74 Å². The van der Waals surface area contributed by atoms with E-state index >= 15 is 0 Å². The molecule has 0 heterocycles. The van der Waals surface area contributed by atoms with Gasteiger partial charge >= 0.3 is 0 Å². The molecule has 0 fully saturated rings. The van der Waals surface area contributed by atoms with E-state index in [2.05, 4.69) is 28.2 Å². The predicted octanol–water partition coefficient (Wildman–Crippen LogP) is 3.73. The summed E-state index contributed by atoms with van der Waals surface area (Å²) in [6.45, 7) is 4.62. The van der Waals surface area contributed by atoms with Crippen LogP contribution in [0.15, 0.2) is 16.6 Å². The highest BCUT2D eigenvalue weighted by Crippen LogP contribution is 2.25. The number of hydrogen-bond donors (Lipinski definition) is 1. The van der Waals surface area contributed by atoms with Crippen LogP contribution in [-0.4, -0.2) is 19.8 Å². The number of rotatable bonds is 5. The molecule has 0 amide bonds. The smallest absolute Gasteiger partial charge is 0.137 e. The third-order valence-electron chi connectivity index (χ3n) is 2.49. The fraction of sp³-hybridized carbons (Fsp3) is 0.500. The van der Waals surface area contributed by atoms with Gasteiger partial charge in [-0.1, -0.05) is 6.92 Å². The molecule has 2 nitrogen and oxygen atoms in total. The van der Waals surface area contributed by atoms with Crippen molar-refractivity contribution in [1.29, 1.82) is 0 Å². The van der Waals surface area contributed by atoms with E-state index in [0.717, 1.165) is 17.7 Å². The van der Waals surface area contributed by atoms with Crippen molar-refractivity contribution in [3.63, 3.8) is 0 Å². The van der Waals surface area contributed by atoms with Crippen molar-refractivity contribution in [2.75, 3.05) is 19.0 Å². The summed E-state index contributed by atoms with van der Waals surface area (Å²) in [7, 11) is 1.68. The summed E-state index contributed by atoms with van der Waals surface area (Å²) in [5, 5.41) is 3.34. The second kappa shape index (κ2) is 6.21. The van der Waals surface area contributed by atoms with Crippen molar-refractivity contribution < 1.29 is 9.13 Å². The largest absolute Gasteiger partial charge is 0.383 e. The molecule has 0 aliphatic rings. The molecule has 4 heteroatoms. The Morgan fingerprint density at radius 3 is 2.75 bits per heavy atom. The van der Waals surface area contributed by atoms with E-state index in [9.17, 15) is 4.39 Å². The number of benzene rings is 1. The number of aryl methyl sites for hydroxylation is 1. The Kier molecular flexibility index (Phi) is 5.22. The Balaban J connectivity index is 2.83. The Morgan fingerprint density at radius 1 is 1.50 bits per heavy atom. The summed E-state index contributed by atoms with van der Waals surface area (Å²) in [5.41, 5.74) is 1.84. The minimum atomic E-state index is -0.233. The maximum Gasteiger partial charge on any atom is 0.137 e. The Morgan fingerprint density at radius 2 is 2.19 bits per heavy atom. The van der Waals surface area contributed by atoms with Crippen LogP contribution in [0.5, 0.6) is 0 Å². The van der Waals surface area contributed by atoms with Crippen molar-refractivity contribution in [2.45, 2.75) is 26.3 Å². The molecule has 1 aromatic rings. The monoisotopic (exact) mass is 289 g/mol. The molecule has 1 aromatic carbocycles. The molecule has 0 saturated heterocycles. The van der Waals surface area contributed by atoms with Crippen LogP contribution >= 0.6 is 15.9 Å². The van der Waals surface area contributed by atoms with E-state index in [-0.39, 0.29) is 11.9 Å². The first-order valence-electron chi connectivity index (χ1n) is 5.29. The van der Waals surface area contributed by atoms with Crippen LogP contribution in [0, 0.1) is 12.7 Å². The van der Waals surface area contributed by atoms with E-state index in [1.54, 1.807) is 13.2 Å². The molecule has 0 aliphatic heterocycles. The standard InChI is InChI=1S/C12H17BrFNO/c1-4-9(7-16-3)15-12-6-10(13)11(14)5-8(12)2/h5-6,9,15H,4,7H2,1-3H3. The summed E-state index contributed by atoms with van der Waals surface area (Å²) >= 11 is 3.18. The van der Waals surface area contributed by atoms with Crippen LogP contribution < -0.4 is 5.32 Å². The molecule has 0 bridgehead atoms. The number of anilines is 1. The summed E-state index contributed by atoms with van der Waals surface area (Å²) in [5.74, 6) is -0.233. The Bertz CT molecular complexity index is 357. The number of halogens is 2. The molecule has 1 unspecified atom stereocenters. The van der Waals surface area contributed by atoms with Gasteiger partial charge in [-0.05, 0) is 47.0 Å². The zero-order chi connectivity index (χ0) is 12.1. The lowest BCUT2D eigenvalue weighted by Gasteiger charge is -2.19. The SMILES string of the molecule is CCC(COC)Nc1cc(Br)c(F)cc1C. The van der Waals surface area contributed by atoms with Crippen LogP contribution in [0.25, 0.3) is 0 Å². The highest BCUT2D eigenvalue weighted by Gasteiger charge is 2.09. The maximum absolute atomic E-state index is 13.2. The minimum absolute atomic E-state index is 0.233. The summed E-state index contributed by atoms with van der Waals surface area (Å²) in [6.07, 6.45) is 0.961. The van der Waals surface area contributed by atoms with Crippen molar-refractivity contribution in [2.24, 2.45) is 0 Å². The number of hydrogen-bond acceptors (Lipinski definition) is 2. The lowest BCUT2D eigenvalue weighted by molar-refractivity contribution is 0.184. The van der Waals surface area contributed by atoms with Gasteiger partial charge in [-0.3, -0.25) is 0 Å². The van der Waals surface area contributed by atoms with E-state index in [1.807, 2.05) is 6.92 Å². The molecule has 0 saturated carbocycles. The second-order valence-corrected chi connectivity index (χ2v) is 4.64. The van der Waals surface area contributed by atoms with Gasteiger partial charge in [-0.25, -0.2) is 4.39 Å². The van der Waals surface area contributed by atoms with Crippen molar-refractivity contribution >= 4 is 21.6 Å². The molecule has 0 radical (unpaired) electrons. The maximum atomic E-state index is 13.2. The molecule has 0 spiro atoms. The first-order valence-corrected chi connectivity index (χ1v) is 6.08. The van der Waals surface area contributed by atoms with Gasteiger partial charge in [0.25, 0.3) is 0 Å². The van der Waals surface area contributed by atoms with E-state index in [1.165, 1.54) is 6.07 Å². The van der Waals surface area contributed by atoms with Crippen LogP contribution in [0.4, 0.5) is 10.1 Å². The number of nitrogens with one attached hydrogen (secondary N) is 1. The molecule has 1 N–H and O–H groups in total. The second-order valence-electron chi connectivity index (χ2n) is 3.79. The van der Waals surface area contributed by atoms with Crippen LogP contribution in [-0.2, 0) is 4.74 Å². The fourth-order valence-corrected chi connectivity index (χ4v) is 1.83. The van der Waals surface area contributed by atoms with Gasteiger partial charge < -0.3 is 10.1 Å².